The quantitative estimate of drug-likeness (QED) is 0.875. The van der Waals surface area contributed by atoms with Gasteiger partial charge in [0, 0.05) is 6.20 Å². The molecule has 1 unspecified atom stereocenters. The monoisotopic (exact) mass is 269 g/mol. The van der Waals surface area contributed by atoms with Gasteiger partial charge in [0.15, 0.2) is 0 Å². The van der Waals surface area contributed by atoms with E-state index >= 15 is 0 Å². The molecule has 0 saturated heterocycles. The summed E-state index contributed by atoms with van der Waals surface area (Å²) in [5.41, 5.74) is 8.15. The largest absolute Gasteiger partial charge is 0.320 e. The van der Waals surface area contributed by atoms with Gasteiger partial charge in [-0.25, -0.2) is 4.98 Å². The lowest BCUT2D eigenvalue weighted by Crippen LogP contribution is -2.36. The molecule has 0 aliphatic rings. The minimum atomic E-state index is -0.530. The van der Waals surface area contributed by atoms with Gasteiger partial charge in [0.25, 0.3) is 0 Å². The highest BCUT2D eigenvalue weighted by Gasteiger charge is 2.13. The lowest BCUT2D eigenvalue weighted by molar-refractivity contribution is -0.117. The van der Waals surface area contributed by atoms with Crippen molar-refractivity contribution in [3.63, 3.8) is 0 Å². The van der Waals surface area contributed by atoms with Gasteiger partial charge in [-0.1, -0.05) is 30.3 Å². The molecular formula is C16H19N3O. The molecule has 0 saturated carbocycles. The molecule has 20 heavy (non-hydrogen) atoms. The van der Waals surface area contributed by atoms with Crippen LogP contribution in [0, 0.1) is 6.92 Å². The van der Waals surface area contributed by atoms with Gasteiger partial charge in [-0.15, -0.1) is 0 Å². The van der Waals surface area contributed by atoms with E-state index in [1.54, 1.807) is 6.20 Å². The number of amides is 1. The van der Waals surface area contributed by atoms with E-state index in [1.165, 1.54) is 5.56 Å². The molecule has 2 aromatic rings. The number of pyridine rings is 1. The van der Waals surface area contributed by atoms with Gasteiger partial charge < -0.3 is 11.1 Å². The Labute approximate surface area is 119 Å². The second kappa shape index (κ2) is 6.82. The summed E-state index contributed by atoms with van der Waals surface area (Å²) >= 11 is 0. The normalized spacial score (nSPS) is 11.9. The summed E-state index contributed by atoms with van der Waals surface area (Å²) in [6, 6.07) is 13.2. The Morgan fingerprint density at radius 1 is 1.30 bits per heavy atom. The maximum absolute atomic E-state index is 12.0. The standard InChI is InChI=1S/C16H19N3O/c1-12-9-10-18-15(11-12)19-16(20)14(17)8-7-13-5-3-2-4-6-13/h2-6,9-11,14H,7-8,17H2,1H3,(H,18,19,20). The van der Waals surface area contributed by atoms with Crippen LogP contribution < -0.4 is 11.1 Å². The highest BCUT2D eigenvalue weighted by atomic mass is 16.2. The summed E-state index contributed by atoms with van der Waals surface area (Å²) in [4.78, 5) is 16.1. The Bertz CT molecular complexity index is 569. The summed E-state index contributed by atoms with van der Waals surface area (Å²) < 4.78 is 0. The summed E-state index contributed by atoms with van der Waals surface area (Å²) in [5, 5.41) is 2.74. The van der Waals surface area contributed by atoms with Crippen LogP contribution in [0.25, 0.3) is 0 Å². The van der Waals surface area contributed by atoms with Crippen LogP contribution in [0.2, 0.25) is 0 Å². The molecule has 1 aromatic carbocycles. The molecule has 1 amide bonds. The lowest BCUT2D eigenvalue weighted by atomic mass is 10.1. The third-order valence-corrected chi connectivity index (χ3v) is 3.09. The molecule has 2 rings (SSSR count). The number of nitrogens with two attached hydrogens (primary N) is 1. The number of carbonyl (C=O) groups is 1. The van der Waals surface area contributed by atoms with E-state index in [0.717, 1.165) is 12.0 Å². The van der Waals surface area contributed by atoms with E-state index in [9.17, 15) is 4.79 Å². The molecule has 1 atom stereocenters. The van der Waals surface area contributed by atoms with Crippen LogP contribution in [0.1, 0.15) is 17.5 Å². The molecule has 0 bridgehead atoms. The van der Waals surface area contributed by atoms with Crippen molar-refractivity contribution in [2.75, 3.05) is 5.32 Å². The van der Waals surface area contributed by atoms with Gasteiger partial charge in [-0.3, -0.25) is 4.79 Å². The number of aromatic nitrogens is 1. The smallest absolute Gasteiger partial charge is 0.242 e. The number of nitrogens with zero attached hydrogens (tertiary/aromatic N) is 1. The van der Waals surface area contributed by atoms with Crippen molar-refractivity contribution < 1.29 is 4.79 Å². The fourth-order valence-electron chi connectivity index (χ4n) is 1.92. The molecular weight excluding hydrogens is 250 g/mol. The Hall–Kier alpha value is -2.20. The number of hydrogen-bond acceptors (Lipinski definition) is 3. The van der Waals surface area contributed by atoms with Crippen molar-refractivity contribution in [2.24, 2.45) is 5.73 Å². The van der Waals surface area contributed by atoms with Crippen LogP contribution in [-0.2, 0) is 11.2 Å². The van der Waals surface area contributed by atoms with Crippen molar-refractivity contribution in [1.29, 1.82) is 0 Å². The molecule has 0 fully saturated rings. The van der Waals surface area contributed by atoms with E-state index in [0.29, 0.717) is 12.2 Å². The third-order valence-electron chi connectivity index (χ3n) is 3.09. The first-order valence-electron chi connectivity index (χ1n) is 6.68. The fraction of sp³-hybridized carbons (Fsp3) is 0.250. The summed E-state index contributed by atoms with van der Waals surface area (Å²) in [6.45, 7) is 1.95. The Kier molecular flexibility index (Phi) is 4.85. The highest BCUT2D eigenvalue weighted by Crippen LogP contribution is 2.08. The molecule has 0 aliphatic carbocycles. The molecule has 3 N–H and O–H groups in total. The number of hydrogen-bond donors (Lipinski definition) is 2. The lowest BCUT2D eigenvalue weighted by Gasteiger charge is -2.12. The minimum absolute atomic E-state index is 0.195. The van der Waals surface area contributed by atoms with Crippen LogP contribution in [0.4, 0.5) is 5.82 Å². The molecule has 0 spiro atoms. The number of anilines is 1. The Balaban J connectivity index is 1.86. The van der Waals surface area contributed by atoms with Crippen LogP contribution in [0.5, 0.6) is 0 Å². The number of carbonyl (C=O) groups excluding carboxylic acids is 1. The zero-order valence-corrected chi connectivity index (χ0v) is 11.5. The molecule has 1 heterocycles. The molecule has 0 radical (unpaired) electrons. The summed E-state index contributed by atoms with van der Waals surface area (Å²) in [6.07, 6.45) is 3.07. The van der Waals surface area contributed by atoms with Crippen molar-refractivity contribution >= 4 is 11.7 Å². The van der Waals surface area contributed by atoms with Gasteiger partial charge in [0.2, 0.25) is 5.91 Å². The van der Waals surface area contributed by atoms with E-state index in [4.69, 9.17) is 5.73 Å². The van der Waals surface area contributed by atoms with Crippen molar-refractivity contribution in [3.8, 4) is 0 Å². The maximum Gasteiger partial charge on any atom is 0.242 e. The van der Waals surface area contributed by atoms with Gasteiger partial charge >= 0.3 is 0 Å². The fourth-order valence-corrected chi connectivity index (χ4v) is 1.92. The van der Waals surface area contributed by atoms with Crippen molar-refractivity contribution in [1.82, 2.24) is 4.98 Å². The van der Waals surface area contributed by atoms with Crippen LogP contribution in [0.15, 0.2) is 48.7 Å². The third kappa shape index (κ3) is 4.17. The first-order valence-corrected chi connectivity index (χ1v) is 6.68. The van der Waals surface area contributed by atoms with Gasteiger partial charge in [-0.05, 0) is 43.0 Å². The summed E-state index contributed by atoms with van der Waals surface area (Å²) in [7, 11) is 0. The number of rotatable bonds is 5. The van der Waals surface area contributed by atoms with E-state index in [2.05, 4.69) is 10.3 Å². The molecule has 0 aliphatic heterocycles. The van der Waals surface area contributed by atoms with Crippen molar-refractivity contribution in [2.45, 2.75) is 25.8 Å². The maximum atomic E-state index is 12.0. The zero-order valence-electron chi connectivity index (χ0n) is 11.5. The molecule has 104 valence electrons. The SMILES string of the molecule is Cc1ccnc(NC(=O)C(N)CCc2ccccc2)c1. The predicted octanol–water partition coefficient (Wildman–Crippen LogP) is 2.29. The van der Waals surface area contributed by atoms with E-state index in [1.807, 2.05) is 49.4 Å². The molecule has 4 nitrogen and oxygen atoms in total. The number of nitrogens with one attached hydrogen (secondary N) is 1. The number of benzene rings is 1. The highest BCUT2D eigenvalue weighted by molar-refractivity contribution is 5.93. The Morgan fingerprint density at radius 3 is 2.75 bits per heavy atom. The van der Waals surface area contributed by atoms with Gasteiger partial charge in [0.1, 0.15) is 5.82 Å². The van der Waals surface area contributed by atoms with E-state index < -0.39 is 6.04 Å². The molecule has 1 aromatic heterocycles. The first kappa shape index (κ1) is 14.2. The number of aryl methyl sites for hydroxylation is 2. The van der Waals surface area contributed by atoms with Gasteiger partial charge in [-0.2, -0.15) is 0 Å². The zero-order chi connectivity index (χ0) is 14.4. The predicted molar refractivity (Wildman–Crippen MR) is 80.3 cm³/mol. The van der Waals surface area contributed by atoms with Crippen molar-refractivity contribution in [3.05, 3.63) is 59.8 Å². The summed E-state index contributed by atoms with van der Waals surface area (Å²) in [5.74, 6) is 0.351. The Morgan fingerprint density at radius 2 is 2.05 bits per heavy atom. The van der Waals surface area contributed by atoms with Gasteiger partial charge in [0.05, 0.1) is 6.04 Å². The molecule has 4 heteroatoms. The topological polar surface area (TPSA) is 68.0 Å². The second-order valence-electron chi connectivity index (χ2n) is 4.84. The van der Waals surface area contributed by atoms with Crippen LogP contribution >= 0.6 is 0 Å². The van der Waals surface area contributed by atoms with Crippen LogP contribution in [0.3, 0.4) is 0 Å². The van der Waals surface area contributed by atoms with Crippen LogP contribution in [-0.4, -0.2) is 16.9 Å². The second-order valence-corrected chi connectivity index (χ2v) is 4.84. The first-order chi connectivity index (χ1) is 9.65. The average molecular weight is 269 g/mol. The van der Waals surface area contributed by atoms with E-state index in [-0.39, 0.29) is 5.91 Å². The average Bonchev–Trinajstić information content (AvgIpc) is 2.46. The minimum Gasteiger partial charge on any atom is -0.320 e.